The number of aryl methyl sites for hydroxylation is 1. The highest BCUT2D eigenvalue weighted by molar-refractivity contribution is 5.87. The molecule has 0 bridgehead atoms. The lowest BCUT2D eigenvalue weighted by Gasteiger charge is -2.42. The van der Waals surface area contributed by atoms with Gasteiger partial charge < -0.3 is 9.84 Å². The monoisotopic (exact) mass is 268 g/mol. The van der Waals surface area contributed by atoms with Crippen LogP contribution in [0.15, 0.2) is 48.5 Å². The van der Waals surface area contributed by atoms with Crippen molar-refractivity contribution in [2.24, 2.45) is 0 Å². The van der Waals surface area contributed by atoms with Crippen molar-refractivity contribution >= 4 is 5.97 Å². The highest BCUT2D eigenvalue weighted by atomic mass is 16.5. The molecule has 0 aliphatic carbocycles. The van der Waals surface area contributed by atoms with Crippen molar-refractivity contribution in [3.63, 3.8) is 0 Å². The molecule has 1 N–H and O–H groups in total. The standard InChI is InChI=1S/C17H16O3/c1-12-2-6-14(7-3-12)17(10-20-11-17)15-8-4-13(5-9-15)16(18)19/h2-9H,10-11H2,1H3,(H,18,19). The van der Waals surface area contributed by atoms with Crippen LogP contribution in [0.5, 0.6) is 0 Å². The Balaban J connectivity index is 2.00. The minimum Gasteiger partial charge on any atom is -0.478 e. The van der Waals surface area contributed by atoms with Crippen molar-refractivity contribution < 1.29 is 14.6 Å². The van der Waals surface area contributed by atoms with Crippen molar-refractivity contribution in [3.05, 3.63) is 70.8 Å². The van der Waals surface area contributed by atoms with Crippen molar-refractivity contribution in [1.29, 1.82) is 0 Å². The third kappa shape index (κ3) is 2.00. The molecule has 0 saturated carbocycles. The molecule has 0 unspecified atom stereocenters. The van der Waals surface area contributed by atoms with E-state index in [-0.39, 0.29) is 5.41 Å². The van der Waals surface area contributed by atoms with E-state index in [4.69, 9.17) is 9.84 Å². The van der Waals surface area contributed by atoms with Gasteiger partial charge in [-0.15, -0.1) is 0 Å². The van der Waals surface area contributed by atoms with E-state index in [2.05, 4.69) is 31.2 Å². The second-order valence-corrected chi connectivity index (χ2v) is 5.32. The fraction of sp³-hybridized carbons (Fsp3) is 0.235. The van der Waals surface area contributed by atoms with Crippen LogP contribution in [0.3, 0.4) is 0 Å². The number of carbonyl (C=O) groups is 1. The number of aromatic carboxylic acids is 1. The predicted octanol–water partition coefficient (Wildman–Crippen LogP) is 3.01. The van der Waals surface area contributed by atoms with Gasteiger partial charge in [0, 0.05) is 0 Å². The Kier molecular flexibility index (Phi) is 3.07. The lowest BCUT2D eigenvalue weighted by Crippen LogP contribution is -2.47. The lowest BCUT2D eigenvalue weighted by molar-refractivity contribution is -0.0380. The fourth-order valence-electron chi connectivity index (χ4n) is 2.61. The molecule has 1 fully saturated rings. The molecule has 0 radical (unpaired) electrons. The topological polar surface area (TPSA) is 46.5 Å². The Bertz CT molecular complexity index is 622. The summed E-state index contributed by atoms with van der Waals surface area (Å²) in [5.74, 6) is -0.897. The van der Waals surface area contributed by atoms with Crippen LogP contribution >= 0.6 is 0 Å². The maximum atomic E-state index is 10.9. The molecule has 1 aliphatic rings. The first-order chi connectivity index (χ1) is 9.62. The van der Waals surface area contributed by atoms with E-state index in [9.17, 15) is 4.79 Å². The van der Waals surface area contributed by atoms with Crippen molar-refractivity contribution in [3.8, 4) is 0 Å². The third-order valence-electron chi connectivity index (χ3n) is 3.99. The number of carboxylic acid groups (broad SMARTS) is 1. The highest BCUT2D eigenvalue weighted by Crippen LogP contribution is 2.39. The largest absolute Gasteiger partial charge is 0.478 e. The van der Waals surface area contributed by atoms with Gasteiger partial charge in [-0.3, -0.25) is 0 Å². The van der Waals surface area contributed by atoms with E-state index in [1.807, 2.05) is 12.1 Å². The van der Waals surface area contributed by atoms with E-state index < -0.39 is 5.97 Å². The summed E-state index contributed by atoms with van der Waals surface area (Å²) in [6, 6.07) is 15.6. The maximum Gasteiger partial charge on any atom is 0.335 e. The van der Waals surface area contributed by atoms with E-state index in [0.29, 0.717) is 18.8 Å². The van der Waals surface area contributed by atoms with Crippen LogP contribution in [-0.2, 0) is 10.2 Å². The predicted molar refractivity (Wildman–Crippen MR) is 76.2 cm³/mol. The van der Waals surface area contributed by atoms with Crippen LogP contribution < -0.4 is 0 Å². The van der Waals surface area contributed by atoms with E-state index in [1.54, 1.807) is 12.1 Å². The first-order valence-corrected chi connectivity index (χ1v) is 6.60. The molecule has 2 aromatic rings. The molecule has 0 spiro atoms. The Labute approximate surface area is 117 Å². The van der Waals surface area contributed by atoms with Crippen molar-refractivity contribution in [1.82, 2.24) is 0 Å². The number of carboxylic acids is 1. The number of benzene rings is 2. The molecule has 0 aromatic heterocycles. The molecule has 3 heteroatoms. The molecule has 0 amide bonds. The molecule has 20 heavy (non-hydrogen) atoms. The quantitative estimate of drug-likeness (QED) is 0.930. The molecule has 2 aromatic carbocycles. The molecule has 1 saturated heterocycles. The molecule has 102 valence electrons. The summed E-state index contributed by atoms with van der Waals surface area (Å²) in [7, 11) is 0. The van der Waals surface area contributed by atoms with Gasteiger partial charge in [0.15, 0.2) is 0 Å². The maximum absolute atomic E-state index is 10.9. The van der Waals surface area contributed by atoms with Crippen molar-refractivity contribution in [2.45, 2.75) is 12.3 Å². The van der Waals surface area contributed by atoms with Crippen LogP contribution in [0.1, 0.15) is 27.0 Å². The zero-order valence-electron chi connectivity index (χ0n) is 11.3. The van der Waals surface area contributed by atoms with Crippen LogP contribution in [-0.4, -0.2) is 24.3 Å². The second kappa shape index (κ2) is 4.76. The lowest BCUT2D eigenvalue weighted by atomic mass is 9.72. The van der Waals surface area contributed by atoms with Gasteiger partial charge in [-0.2, -0.15) is 0 Å². The SMILES string of the molecule is Cc1ccc(C2(c3ccc(C(=O)O)cc3)COC2)cc1. The minimum absolute atomic E-state index is 0.134. The van der Waals surface area contributed by atoms with Gasteiger partial charge in [0.25, 0.3) is 0 Å². The molecule has 0 atom stereocenters. The Morgan fingerprint density at radius 3 is 1.90 bits per heavy atom. The van der Waals surface area contributed by atoms with Gasteiger partial charge in [-0.25, -0.2) is 4.79 Å². The van der Waals surface area contributed by atoms with Crippen LogP contribution in [0.2, 0.25) is 0 Å². The summed E-state index contributed by atoms with van der Waals surface area (Å²) >= 11 is 0. The molecule has 3 nitrogen and oxygen atoms in total. The molecular weight excluding hydrogens is 252 g/mol. The first-order valence-electron chi connectivity index (χ1n) is 6.60. The summed E-state index contributed by atoms with van der Waals surface area (Å²) in [6.45, 7) is 3.35. The van der Waals surface area contributed by atoms with Gasteiger partial charge in [0.1, 0.15) is 0 Å². The Hall–Kier alpha value is -2.13. The Morgan fingerprint density at radius 2 is 1.50 bits per heavy atom. The first kappa shape index (κ1) is 12.9. The van der Waals surface area contributed by atoms with Gasteiger partial charge in [0.05, 0.1) is 24.2 Å². The number of ether oxygens (including phenoxy) is 1. The molecular formula is C17H16O3. The molecule has 3 rings (SSSR count). The summed E-state index contributed by atoms with van der Waals surface area (Å²) < 4.78 is 5.44. The second-order valence-electron chi connectivity index (χ2n) is 5.32. The van der Waals surface area contributed by atoms with Gasteiger partial charge in [0.2, 0.25) is 0 Å². The van der Waals surface area contributed by atoms with E-state index >= 15 is 0 Å². The van der Waals surface area contributed by atoms with Crippen molar-refractivity contribution in [2.75, 3.05) is 13.2 Å². The summed E-state index contributed by atoms with van der Waals surface area (Å²) in [6.07, 6.45) is 0. The highest BCUT2D eigenvalue weighted by Gasteiger charge is 2.41. The average Bonchev–Trinajstić information content (AvgIpc) is 2.40. The summed E-state index contributed by atoms with van der Waals surface area (Å²) in [4.78, 5) is 10.9. The van der Waals surface area contributed by atoms with E-state index in [0.717, 1.165) is 5.56 Å². The normalized spacial score (nSPS) is 16.4. The molecule has 1 heterocycles. The van der Waals surface area contributed by atoms with Crippen LogP contribution in [0, 0.1) is 6.92 Å². The molecule has 1 aliphatic heterocycles. The van der Waals surface area contributed by atoms with E-state index in [1.165, 1.54) is 11.1 Å². The smallest absolute Gasteiger partial charge is 0.335 e. The zero-order valence-corrected chi connectivity index (χ0v) is 11.3. The third-order valence-corrected chi connectivity index (χ3v) is 3.99. The van der Waals surface area contributed by atoms with Gasteiger partial charge >= 0.3 is 5.97 Å². The van der Waals surface area contributed by atoms with Gasteiger partial charge in [-0.05, 0) is 30.2 Å². The van der Waals surface area contributed by atoms with Gasteiger partial charge in [-0.1, -0.05) is 42.0 Å². The number of rotatable bonds is 3. The summed E-state index contributed by atoms with van der Waals surface area (Å²) in [5.41, 5.74) is 3.73. The summed E-state index contributed by atoms with van der Waals surface area (Å²) in [5, 5.41) is 8.97. The van der Waals surface area contributed by atoms with Crippen LogP contribution in [0.25, 0.3) is 0 Å². The minimum atomic E-state index is -0.897. The number of hydrogen-bond acceptors (Lipinski definition) is 2. The number of hydrogen-bond donors (Lipinski definition) is 1. The Morgan fingerprint density at radius 1 is 1.00 bits per heavy atom. The fourth-order valence-corrected chi connectivity index (χ4v) is 2.61. The zero-order chi connectivity index (χ0) is 14.2. The van der Waals surface area contributed by atoms with Crippen LogP contribution in [0.4, 0.5) is 0 Å². The average molecular weight is 268 g/mol.